The smallest absolute Gasteiger partial charge is 0.249 e. The Kier molecular flexibility index (Phi) is 5.45. The van der Waals surface area contributed by atoms with Gasteiger partial charge in [-0.3, -0.25) is 9.10 Å². The highest BCUT2D eigenvalue weighted by atomic mass is 35.5. The Morgan fingerprint density at radius 3 is 2.39 bits per heavy atom. The number of hydrogen-bond acceptors (Lipinski definition) is 5. The molecule has 1 amide bonds. The number of methoxy groups -OCH3 is 2. The van der Waals surface area contributed by atoms with E-state index in [2.05, 4.69) is 5.32 Å². The third kappa shape index (κ3) is 3.38. The molecular formula is C19H21ClN2O5S. The van der Waals surface area contributed by atoms with Crippen LogP contribution < -0.4 is 19.1 Å². The van der Waals surface area contributed by atoms with Crippen molar-refractivity contribution in [3.8, 4) is 11.5 Å². The van der Waals surface area contributed by atoms with Gasteiger partial charge in [0.1, 0.15) is 11.5 Å². The van der Waals surface area contributed by atoms with Crippen LogP contribution in [0.1, 0.15) is 13.3 Å². The quantitative estimate of drug-likeness (QED) is 0.796. The molecule has 0 aromatic heterocycles. The van der Waals surface area contributed by atoms with Gasteiger partial charge in [-0.2, -0.15) is 0 Å². The van der Waals surface area contributed by atoms with Crippen LogP contribution in [0, 0.1) is 0 Å². The number of rotatable bonds is 5. The van der Waals surface area contributed by atoms with Crippen LogP contribution in [0.5, 0.6) is 11.5 Å². The molecule has 150 valence electrons. The van der Waals surface area contributed by atoms with E-state index in [1.807, 2.05) is 0 Å². The van der Waals surface area contributed by atoms with E-state index in [1.165, 1.54) is 31.5 Å². The number of benzene rings is 2. The lowest BCUT2D eigenvalue weighted by Crippen LogP contribution is -2.47. The van der Waals surface area contributed by atoms with E-state index in [1.54, 1.807) is 36.4 Å². The monoisotopic (exact) mass is 424 g/mol. The van der Waals surface area contributed by atoms with Crippen molar-refractivity contribution in [1.82, 2.24) is 0 Å². The summed E-state index contributed by atoms with van der Waals surface area (Å²) < 4.78 is 36.2. The SMILES string of the molecule is COc1ccc(N2CC[C@](C)(C(=O)Nc3ccc(OC)c(Cl)c3)S2(=O)=O)cc1. The van der Waals surface area contributed by atoms with Gasteiger partial charge in [0.25, 0.3) is 0 Å². The first-order chi connectivity index (χ1) is 13.2. The van der Waals surface area contributed by atoms with Crippen molar-refractivity contribution in [2.45, 2.75) is 18.1 Å². The number of nitrogens with zero attached hydrogens (tertiary/aromatic N) is 1. The average molecular weight is 425 g/mol. The average Bonchev–Trinajstić information content (AvgIpc) is 2.92. The van der Waals surface area contributed by atoms with Crippen molar-refractivity contribution in [2.24, 2.45) is 0 Å². The van der Waals surface area contributed by atoms with Crippen LogP contribution in [0.2, 0.25) is 5.02 Å². The van der Waals surface area contributed by atoms with Gasteiger partial charge in [-0.25, -0.2) is 8.42 Å². The zero-order valence-electron chi connectivity index (χ0n) is 15.7. The maximum atomic E-state index is 13.2. The number of sulfonamides is 1. The highest BCUT2D eigenvalue weighted by molar-refractivity contribution is 7.95. The van der Waals surface area contributed by atoms with Crippen molar-refractivity contribution < 1.29 is 22.7 Å². The van der Waals surface area contributed by atoms with E-state index in [9.17, 15) is 13.2 Å². The minimum atomic E-state index is -3.92. The van der Waals surface area contributed by atoms with E-state index in [0.717, 1.165) is 0 Å². The number of carbonyl (C=O) groups excluding carboxylic acids is 1. The van der Waals surface area contributed by atoms with Crippen LogP contribution in [-0.4, -0.2) is 39.8 Å². The van der Waals surface area contributed by atoms with Gasteiger partial charge in [0, 0.05) is 12.2 Å². The second kappa shape index (κ2) is 7.52. The highest BCUT2D eigenvalue weighted by Crippen LogP contribution is 2.38. The fourth-order valence-corrected chi connectivity index (χ4v) is 5.17. The first kappa shape index (κ1) is 20.3. The van der Waals surface area contributed by atoms with Gasteiger partial charge >= 0.3 is 0 Å². The molecule has 1 heterocycles. The number of ether oxygens (including phenoxy) is 2. The first-order valence-corrected chi connectivity index (χ1v) is 10.4. The summed E-state index contributed by atoms with van der Waals surface area (Å²) in [4.78, 5) is 12.9. The fraction of sp³-hybridized carbons (Fsp3) is 0.316. The second-order valence-corrected chi connectivity index (χ2v) is 9.26. The van der Waals surface area contributed by atoms with Crippen LogP contribution in [0.3, 0.4) is 0 Å². The molecule has 3 rings (SSSR count). The molecule has 9 heteroatoms. The number of nitrogens with one attached hydrogen (secondary N) is 1. The molecule has 0 radical (unpaired) electrons. The first-order valence-electron chi connectivity index (χ1n) is 8.54. The third-order valence-corrected chi connectivity index (χ3v) is 7.70. The van der Waals surface area contributed by atoms with Crippen LogP contribution in [0.25, 0.3) is 0 Å². The zero-order chi connectivity index (χ0) is 20.5. The molecule has 1 atom stereocenters. The lowest BCUT2D eigenvalue weighted by atomic mass is 10.1. The second-order valence-electron chi connectivity index (χ2n) is 6.56. The normalized spacial score (nSPS) is 20.6. The Bertz CT molecular complexity index is 994. The van der Waals surface area contributed by atoms with Crippen molar-refractivity contribution in [1.29, 1.82) is 0 Å². The van der Waals surface area contributed by atoms with Crippen molar-refractivity contribution in [3.63, 3.8) is 0 Å². The maximum absolute atomic E-state index is 13.2. The lowest BCUT2D eigenvalue weighted by Gasteiger charge is -2.25. The van der Waals surface area contributed by atoms with Gasteiger partial charge in [-0.15, -0.1) is 0 Å². The summed E-state index contributed by atoms with van der Waals surface area (Å²) in [5.41, 5.74) is 0.889. The highest BCUT2D eigenvalue weighted by Gasteiger charge is 2.54. The molecule has 1 saturated heterocycles. The number of carbonyl (C=O) groups is 1. The Labute approximate surface area is 169 Å². The number of halogens is 1. The summed E-state index contributed by atoms with van der Waals surface area (Å²) in [5.74, 6) is 0.479. The van der Waals surface area contributed by atoms with Gasteiger partial charge in [-0.05, 0) is 55.8 Å². The van der Waals surface area contributed by atoms with Gasteiger partial charge in [0.2, 0.25) is 15.9 Å². The molecule has 2 aromatic carbocycles. The Morgan fingerprint density at radius 2 is 1.82 bits per heavy atom. The molecule has 0 aliphatic carbocycles. The topological polar surface area (TPSA) is 84.9 Å². The minimum Gasteiger partial charge on any atom is -0.497 e. The number of amides is 1. The summed E-state index contributed by atoms with van der Waals surface area (Å²) >= 11 is 6.08. The van der Waals surface area contributed by atoms with Crippen LogP contribution in [-0.2, 0) is 14.8 Å². The van der Waals surface area contributed by atoms with E-state index >= 15 is 0 Å². The molecule has 1 fully saturated rings. The molecule has 1 aliphatic rings. The lowest BCUT2D eigenvalue weighted by molar-refractivity contribution is -0.118. The molecule has 2 aromatic rings. The molecular weight excluding hydrogens is 404 g/mol. The summed E-state index contributed by atoms with van der Waals surface area (Å²) in [6.45, 7) is 1.65. The van der Waals surface area contributed by atoms with Crippen LogP contribution in [0.15, 0.2) is 42.5 Å². The van der Waals surface area contributed by atoms with E-state index in [-0.39, 0.29) is 13.0 Å². The predicted molar refractivity (Wildman–Crippen MR) is 109 cm³/mol. The van der Waals surface area contributed by atoms with E-state index in [0.29, 0.717) is 27.9 Å². The zero-order valence-corrected chi connectivity index (χ0v) is 17.3. The van der Waals surface area contributed by atoms with Gasteiger partial charge < -0.3 is 14.8 Å². The Hall–Kier alpha value is -2.45. The molecule has 7 nitrogen and oxygen atoms in total. The van der Waals surface area contributed by atoms with Crippen molar-refractivity contribution in [2.75, 3.05) is 30.4 Å². The molecule has 28 heavy (non-hydrogen) atoms. The molecule has 0 spiro atoms. The van der Waals surface area contributed by atoms with Crippen molar-refractivity contribution >= 4 is 38.9 Å². The molecule has 1 N–H and O–H groups in total. The number of hydrogen-bond donors (Lipinski definition) is 1. The summed E-state index contributed by atoms with van der Waals surface area (Å²) in [6.07, 6.45) is 0.164. The Morgan fingerprint density at radius 1 is 1.14 bits per heavy atom. The molecule has 1 aliphatic heterocycles. The number of anilines is 2. The summed E-state index contributed by atoms with van der Waals surface area (Å²) in [7, 11) is -0.898. The van der Waals surface area contributed by atoms with Gasteiger partial charge in [-0.1, -0.05) is 11.6 Å². The van der Waals surface area contributed by atoms with Gasteiger partial charge in [0.15, 0.2) is 4.75 Å². The predicted octanol–water partition coefficient (Wildman–Crippen LogP) is 3.29. The van der Waals surface area contributed by atoms with Crippen LogP contribution in [0.4, 0.5) is 11.4 Å². The molecule has 0 unspecified atom stereocenters. The Balaban J connectivity index is 1.84. The maximum Gasteiger partial charge on any atom is 0.249 e. The van der Waals surface area contributed by atoms with E-state index in [4.69, 9.17) is 21.1 Å². The van der Waals surface area contributed by atoms with Crippen LogP contribution >= 0.6 is 11.6 Å². The standard InChI is InChI=1S/C19H21ClN2O5S/c1-19(18(23)21-13-4-9-17(27-3)16(20)12-13)10-11-22(28(19,24)25)14-5-7-15(26-2)8-6-14/h4-9,12H,10-11H2,1-3H3,(H,21,23)/t19-/m1/s1. The van der Waals surface area contributed by atoms with Gasteiger partial charge in [0.05, 0.1) is 24.9 Å². The minimum absolute atomic E-state index is 0.164. The fourth-order valence-electron chi connectivity index (χ4n) is 3.06. The molecule has 0 saturated carbocycles. The molecule has 0 bridgehead atoms. The van der Waals surface area contributed by atoms with E-state index < -0.39 is 20.7 Å². The summed E-state index contributed by atoms with van der Waals surface area (Å²) in [5, 5.41) is 2.98. The summed E-state index contributed by atoms with van der Waals surface area (Å²) in [6, 6.07) is 11.4. The van der Waals surface area contributed by atoms with Crippen molar-refractivity contribution in [3.05, 3.63) is 47.5 Å². The third-order valence-electron chi connectivity index (χ3n) is 4.90. The largest absolute Gasteiger partial charge is 0.497 e.